The van der Waals surface area contributed by atoms with Crippen molar-refractivity contribution in [1.82, 2.24) is 9.80 Å². The van der Waals surface area contributed by atoms with Gasteiger partial charge in [-0.05, 0) is 39.0 Å². The fraction of sp³-hybridized carbons (Fsp3) is 0.571. The molecule has 2 aliphatic heterocycles. The second-order valence-corrected chi connectivity index (χ2v) is 8.13. The van der Waals surface area contributed by atoms with Gasteiger partial charge in [-0.15, -0.1) is 0 Å². The number of nitrogens with zero attached hydrogens (tertiary/aromatic N) is 2. The third-order valence-electron chi connectivity index (χ3n) is 4.71. The Morgan fingerprint density at radius 2 is 1.55 bits per heavy atom. The van der Waals surface area contributed by atoms with E-state index >= 15 is 0 Å². The summed E-state index contributed by atoms with van der Waals surface area (Å²) < 4.78 is 16.3. The first-order chi connectivity index (χ1) is 13.7. The molecule has 0 unspecified atom stereocenters. The first kappa shape index (κ1) is 21.0. The van der Waals surface area contributed by atoms with E-state index in [1.54, 1.807) is 28.0 Å². The van der Waals surface area contributed by atoms with Crippen molar-refractivity contribution in [3.63, 3.8) is 0 Å². The minimum Gasteiger partial charge on any atom is -0.486 e. The zero-order valence-electron chi connectivity index (χ0n) is 17.2. The van der Waals surface area contributed by atoms with E-state index < -0.39 is 5.60 Å². The summed E-state index contributed by atoms with van der Waals surface area (Å²) in [5.74, 6) is 1.00. The van der Waals surface area contributed by atoms with Gasteiger partial charge in [0.2, 0.25) is 5.91 Å². The number of carbonyl (C=O) groups is 3. The van der Waals surface area contributed by atoms with Crippen molar-refractivity contribution in [3.8, 4) is 11.5 Å². The van der Waals surface area contributed by atoms with Gasteiger partial charge in [0.05, 0.1) is 0 Å². The Kier molecular flexibility index (Phi) is 6.30. The molecule has 158 valence electrons. The largest absolute Gasteiger partial charge is 0.486 e. The van der Waals surface area contributed by atoms with Crippen molar-refractivity contribution < 1.29 is 28.6 Å². The number of rotatable bonds is 4. The highest BCUT2D eigenvalue weighted by Gasteiger charge is 2.27. The monoisotopic (exact) mass is 404 g/mol. The standard InChI is InChI=1S/C21H28N2O6/c1-21(2,3)29-20(26)23-10-8-22(9-11-23)19(25)7-5-16(24)15-4-6-17-18(14-15)28-13-12-27-17/h4,6,14H,5,7-13H2,1-3H3. The summed E-state index contributed by atoms with van der Waals surface area (Å²) in [6.45, 7) is 8.16. The molecular formula is C21H28N2O6. The summed E-state index contributed by atoms with van der Waals surface area (Å²) in [5.41, 5.74) is -0.0325. The molecule has 2 heterocycles. The molecule has 8 heteroatoms. The van der Waals surface area contributed by atoms with Gasteiger partial charge in [0.1, 0.15) is 18.8 Å². The Morgan fingerprint density at radius 1 is 0.931 bits per heavy atom. The van der Waals surface area contributed by atoms with Crippen LogP contribution in [0.15, 0.2) is 18.2 Å². The maximum absolute atomic E-state index is 12.5. The molecule has 1 saturated heterocycles. The zero-order valence-corrected chi connectivity index (χ0v) is 17.2. The van der Waals surface area contributed by atoms with Crippen molar-refractivity contribution in [2.45, 2.75) is 39.2 Å². The molecule has 0 aliphatic carbocycles. The lowest BCUT2D eigenvalue weighted by Crippen LogP contribution is -2.51. The first-order valence-electron chi connectivity index (χ1n) is 9.91. The van der Waals surface area contributed by atoms with E-state index in [2.05, 4.69) is 0 Å². The molecule has 0 spiro atoms. The van der Waals surface area contributed by atoms with Crippen LogP contribution in [0.3, 0.4) is 0 Å². The molecule has 0 bridgehead atoms. The number of carbonyl (C=O) groups excluding carboxylic acids is 3. The number of amides is 2. The second kappa shape index (κ2) is 8.71. The van der Waals surface area contributed by atoms with Crippen molar-refractivity contribution in [2.24, 2.45) is 0 Å². The summed E-state index contributed by atoms with van der Waals surface area (Å²) in [6, 6.07) is 5.08. The Morgan fingerprint density at radius 3 is 2.21 bits per heavy atom. The highest BCUT2D eigenvalue weighted by Crippen LogP contribution is 2.31. The summed E-state index contributed by atoms with van der Waals surface area (Å²) in [7, 11) is 0. The van der Waals surface area contributed by atoms with Gasteiger partial charge in [0, 0.05) is 44.6 Å². The van der Waals surface area contributed by atoms with Gasteiger partial charge < -0.3 is 24.0 Å². The van der Waals surface area contributed by atoms with E-state index in [1.165, 1.54) is 0 Å². The van der Waals surface area contributed by atoms with E-state index in [0.29, 0.717) is 56.5 Å². The molecule has 3 rings (SSSR count). The second-order valence-electron chi connectivity index (χ2n) is 8.13. The van der Waals surface area contributed by atoms with Crippen LogP contribution in [-0.4, -0.2) is 72.6 Å². The molecule has 8 nitrogen and oxygen atoms in total. The topological polar surface area (TPSA) is 85.4 Å². The SMILES string of the molecule is CC(C)(C)OC(=O)N1CCN(C(=O)CCC(=O)c2ccc3c(c2)OCCO3)CC1. The first-order valence-corrected chi connectivity index (χ1v) is 9.91. The van der Waals surface area contributed by atoms with E-state index in [9.17, 15) is 14.4 Å². The number of fused-ring (bicyclic) bond motifs is 1. The number of hydrogen-bond donors (Lipinski definition) is 0. The fourth-order valence-corrected chi connectivity index (χ4v) is 3.20. The summed E-state index contributed by atoms with van der Waals surface area (Å²) in [5, 5.41) is 0. The molecule has 0 saturated carbocycles. The van der Waals surface area contributed by atoms with Gasteiger partial charge in [-0.3, -0.25) is 9.59 Å². The van der Waals surface area contributed by atoms with Crippen LogP contribution >= 0.6 is 0 Å². The van der Waals surface area contributed by atoms with Crippen LogP contribution < -0.4 is 9.47 Å². The quantitative estimate of drug-likeness (QED) is 0.717. The Bertz CT molecular complexity index is 778. The van der Waals surface area contributed by atoms with Gasteiger partial charge in [0.25, 0.3) is 0 Å². The average Bonchev–Trinajstić information content (AvgIpc) is 2.70. The number of ether oxygens (including phenoxy) is 3. The van der Waals surface area contributed by atoms with Crippen molar-refractivity contribution in [2.75, 3.05) is 39.4 Å². The van der Waals surface area contributed by atoms with Crippen molar-refractivity contribution in [3.05, 3.63) is 23.8 Å². The molecule has 1 aromatic rings. The minimum absolute atomic E-state index is 0.0836. The summed E-state index contributed by atoms with van der Waals surface area (Å²) in [6.07, 6.45) is -0.0943. The number of hydrogen-bond acceptors (Lipinski definition) is 6. The van der Waals surface area contributed by atoms with Crippen LogP contribution in [0.1, 0.15) is 44.0 Å². The lowest BCUT2D eigenvalue weighted by Gasteiger charge is -2.35. The van der Waals surface area contributed by atoms with Crippen LogP contribution in [-0.2, 0) is 9.53 Å². The van der Waals surface area contributed by atoms with E-state index in [4.69, 9.17) is 14.2 Å². The smallest absolute Gasteiger partial charge is 0.410 e. The normalized spacial score (nSPS) is 16.4. The van der Waals surface area contributed by atoms with E-state index in [1.807, 2.05) is 20.8 Å². The van der Waals surface area contributed by atoms with Crippen molar-refractivity contribution >= 4 is 17.8 Å². The molecule has 0 aromatic heterocycles. The Balaban J connectivity index is 1.45. The fourth-order valence-electron chi connectivity index (χ4n) is 3.20. The maximum atomic E-state index is 12.5. The van der Waals surface area contributed by atoms with E-state index in [-0.39, 0.29) is 30.6 Å². The zero-order chi connectivity index (χ0) is 21.0. The molecule has 29 heavy (non-hydrogen) atoms. The van der Waals surface area contributed by atoms with Crippen LogP contribution in [0.5, 0.6) is 11.5 Å². The Labute approximate surface area is 170 Å². The summed E-state index contributed by atoms with van der Waals surface area (Å²) in [4.78, 5) is 40.3. The highest BCUT2D eigenvalue weighted by atomic mass is 16.6. The van der Waals surface area contributed by atoms with Crippen LogP contribution in [0.25, 0.3) is 0 Å². The number of ketones is 1. The number of piperazine rings is 1. The lowest BCUT2D eigenvalue weighted by atomic mass is 10.1. The van der Waals surface area contributed by atoms with Crippen LogP contribution in [0.4, 0.5) is 4.79 Å². The Hall–Kier alpha value is -2.77. The molecule has 2 aliphatic rings. The number of benzene rings is 1. The molecular weight excluding hydrogens is 376 g/mol. The van der Waals surface area contributed by atoms with Crippen LogP contribution in [0, 0.1) is 0 Å². The average molecular weight is 404 g/mol. The molecule has 0 atom stereocenters. The van der Waals surface area contributed by atoms with Gasteiger partial charge >= 0.3 is 6.09 Å². The molecule has 0 N–H and O–H groups in total. The predicted molar refractivity (Wildman–Crippen MR) is 105 cm³/mol. The molecule has 1 aromatic carbocycles. The van der Waals surface area contributed by atoms with Gasteiger partial charge in [-0.1, -0.05) is 0 Å². The third-order valence-corrected chi connectivity index (χ3v) is 4.71. The molecule has 0 radical (unpaired) electrons. The van der Waals surface area contributed by atoms with E-state index in [0.717, 1.165) is 0 Å². The minimum atomic E-state index is -0.543. The van der Waals surface area contributed by atoms with Gasteiger partial charge in [-0.25, -0.2) is 4.79 Å². The van der Waals surface area contributed by atoms with Crippen molar-refractivity contribution in [1.29, 1.82) is 0 Å². The highest BCUT2D eigenvalue weighted by molar-refractivity contribution is 5.98. The molecule has 1 fully saturated rings. The third kappa shape index (κ3) is 5.62. The van der Waals surface area contributed by atoms with Gasteiger partial charge in [-0.2, -0.15) is 0 Å². The lowest BCUT2D eigenvalue weighted by molar-refractivity contribution is -0.132. The maximum Gasteiger partial charge on any atom is 0.410 e. The van der Waals surface area contributed by atoms with Crippen LogP contribution in [0.2, 0.25) is 0 Å². The number of Topliss-reactive ketones (excluding diaryl/α,β-unsaturated/α-hetero) is 1. The predicted octanol–water partition coefficient (Wildman–Crippen LogP) is 2.50. The van der Waals surface area contributed by atoms with Gasteiger partial charge in [0.15, 0.2) is 17.3 Å². The molecule has 2 amide bonds. The summed E-state index contributed by atoms with van der Waals surface area (Å²) >= 11 is 0.